The predicted octanol–water partition coefficient (Wildman–Crippen LogP) is 3.85. The van der Waals surface area contributed by atoms with Crippen LogP contribution in [0.4, 0.5) is 10.1 Å². The molecule has 1 aliphatic heterocycles. The third-order valence-electron chi connectivity index (χ3n) is 6.83. The van der Waals surface area contributed by atoms with Crippen molar-refractivity contribution in [3.05, 3.63) is 99.3 Å². The van der Waals surface area contributed by atoms with Crippen LogP contribution in [-0.4, -0.2) is 73.6 Å². The summed E-state index contributed by atoms with van der Waals surface area (Å²) in [6, 6.07) is 17.4. The SMILES string of the molecule is CC(CO)(CO)NC(=O)c1cc(F)cc(N(C2CN(C(c3ccc(Cl)cc3)c3ccc(Cl)cc3)C2)S(C)(=O)=O)c1. The first-order valence-corrected chi connectivity index (χ1v) is 15.0. The van der Waals surface area contributed by atoms with Crippen molar-refractivity contribution in [2.45, 2.75) is 24.5 Å². The lowest BCUT2D eigenvalue weighted by atomic mass is 9.93. The molecule has 0 radical (unpaired) electrons. The molecule has 0 atom stereocenters. The Morgan fingerprint density at radius 3 is 1.98 bits per heavy atom. The smallest absolute Gasteiger partial charge is 0.252 e. The van der Waals surface area contributed by atoms with Crippen LogP contribution in [0.15, 0.2) is 66.7 Å². The van der Waals surface area contributed by atoms with Crippen LogP contribution in [-0.2, 0) is 10.0 Å². The molecule has 214 valence electrons. The third kappa shape index (κ3) is 6.76. The Labute approximate surface area is 243 Å². The zero-order chi connectivity index (χ0) is 29.2. The highest BCUT2D eigenvalue weighted by molar-refractivity contribution is 7.92. The van der Waals surface area contributed by atoms with Gasteiger partial charge in [-0.05, 0) is 60.5 Å². The minimum Gasteiger partial charge on any atom is -0.394 e. The monoisotopic (exact) mass is 609 g/mol. The van der Waals surface area contributed by atoms with E-state index in [9.17, 15) is 27.8 Å². The van der Waals surface area contributed by atoms with Crippen LogP contribution in [0.2, 0.25) is 10.0 Å². The molecule has 12 heteroatoms. The molecule has 40 heavy (non-hydrogen) atoms. The maximum atomic E-state index is 14.7. The molecule has 0 spiro atoms. The summed E-state index contributed by atoms with van der Waals surface area (Å²) in [5.74, 6) is -1.57. The zero-order valence-corrected chi connectivity index (χ0v) is 24.2. The molecule has 1 fully saturated rings. The van der Waals surface area contributed by atoms with Crippen molar-refractivity contribution in [3.8, 4) is 0 Å². The Hall–Kier alpha value is -2.73. The molecule has 0 saturated carbocycles. The van der Waals surface area contributed by atoms with E-state index in [0.717, 1.165) is 33.8 Å². The number of anilines is 1. The van der Waals surface area contributed by atoms with E-state index in [1.54, 1.807) is 24.3 Å². The van der Waals surface area contributed by atoms with Gasteiger partial charge in [0, 0.05) is 28.7 Å². The van der Waals surface area contributed by atoms with Crippen molar-refractivity contribution in [2.24, 2.45) is 0 Å². The molecule has 0 unspecified atom stereocenters. The first kappa shape index (κ1) is 30.2. The van der Waals surface area contributed by atoms with E-state index in [-0.39, 0.29) is 17.3 Å². The third-order valence-corrected chi connectivity index (χ3v) is 8.56. The Bertz CT molecular complexity index is 1420. The van der Waals surface area contributed by atoms with Crippen LogP contribution in [0.25, 0.3) is 0 Å². The van der Waals surface area contributed by atoms with Gasteiger partial charge >= 0.3 is 0 Å². The fourth-order valence-corrected chi connectivity index (χ4v) is 6.15. The summed E-state index contributed by atoms with van der Waals surface area (Å²) in [4.78, 5) is 14.9. The Kier molecular flexibility index (Phi) is 9.08. The highest BCUT2D eigenvalue weighted by Gasteiger charge is 2.41. The lowest BCUT2D eigenvalue weighted by Crippen LogP contribution is -2.61. The second-order valence-corrected chi connectivity index (χ2v) is 12.9. The molecular weight excluding hydrogens is 580 g/mol. The molecular formula is C28H30Cl2FN3O5S. The van der Waals surface area contributed by atoms with Crippen LogP contribution in [0.5, 0.6) is 0 Å². The minimum atomic E-state index is -3.88. The van der Waals surface area contributed by atoms with Crippen molar-refractivity contribution < 1.29 is 27.8 Å². The molecule has 0 bridgehead atoms. The number of sulfonamides is 1. The van der Waals surface area contributed by atoms with E-state index >= 15 is 0 Å². The number of aliphatic hydroxyl groups excluding tert-OH is 2. The molecule has 1 saturated heterocycles. The van der Waals surface area contributed by atoms with Gasteiger partial charge in [-0.15, -0.1) is 0 Å². The average Bonchev–Trinajstić information content (AvgIpc) is 2.88. The van der Waals surface area contributed by atoms with E-state index in [2.05, 4.69) is 10.2 Å². The van der Waals surface area contributed by atoms with Crippen LogP contribution < -0.4 is 9.62 Å². The van der Waals surface area contributed by atoms with Crippen molar-refractivity contribution in [3.63, 3.8) is 0 Å². The van der Waals surface area contributed by atoms with Gasteiger partial charge in [-0.2, -0.15) is 0 Å². The van der Waals surface area contributed by atoms with Gasteiger partial charge in [-0.3, -0.25) is 14.0 Å². The molecule has 3 aromatic carbocycles. The first-order chi connectivity index (χ1) is 18.8. The Morgan fingerprint density at radius 2 is 1.52 bits per heavy atom. The number of rotatable bonds is 10. The predicted molar refractivity (Wildman–Crippen MR) is 154 cm³/mol. The van der Waals surface area contributed by atoms with E-state index in [1.807, 2.05) is 24.3 Å². The summed E-state index contributed by atoms with van der Waals surface area (Å²) < 4.78 is 41.7. The molecule has 3 aromatic rings. The highest BCUT2D eigenvalue weighted by Crippen LogP contribution is 2.37. The van der Waals surface area contributed by atoms with Crippen molar-refractivity contribution in [1.82, 2.24) is 10.2 Å². The molecule has 1 amide bonds. The second-order valence-electron chi connectivity index (χ2n) is 10.2. The summed E-state index contributed by atoms with van der Waals surface area (Å²) in [6.07, 6.45) is 1.03. The molecule has 4 rings (SSSR count). The quantitative estimate of drug-likeness (QED) is 0.322. The number of aliphatic hydroxyl groups is 2. The van der Waals surface area contributed by atoms with Gasteiger partial charge < -0.3 is 15.5 Å². The van der Waals surface area contributed by atoms with Gasteiger partial charge in [0.2, 0.25) is 10.0 Å². The number of nitrogens with one attached hydrogen (secondary N) is 1. The summed E-state index contributed by atoms with van der Waals surface area (Å²) in [6.45, 7) is 0.983. The zero-order valence-electron chi connectivity index (χ0n) is 21.9. The Morgan fingerprint density at radius 1 is 1.02 bits per heavy atom. The second kappa shape index (κ2) is 12.0. The van der Waals surface area contributed by atoms with Crippen molar-refractivity contribution >= 4 is 44.8 Å². The van der Waals surface area contributed by atoms with E-state index < -0.39 is 46.5 Å². The number of carbonyl (C=O) groups excluding carboxylic acids is 1. The number of nitrogens with zero attached hydrogens (tertiary/aromatic N) is 2. The van der Waals surface area contributed by atoms with E-state index in [4.69, 9.17) is 23.2 Å². The molecule has 0 aliphatic carbocycles. The summed E-state index contributed by atoms with van der Waals surface area (Å²) in [5, 5.41) is 22.7. The number of carbonyl (C=O) groups is 1. The summed E-state index contributed by atoms with van der Waals surface area (Å²) in [5.41, 5.74) is 0.426. The van der Waals surface area contributed by atoms with Gasteiger partial charge in [0.1, 0.15) is 5.82 Å². The first-order valence-electron chi connectivity index (χ1n) is 12.4. The highest BCUT2D eigenvalue weighted by atomic mass is 35.5. The molecule has 8 nitrogen and oxygen atoms in total. The average molecular weight is 611 g/mol. The van der Waals surface area contributed by atoms with Crippen LogP contribution in [0.3, 0.4) is 0 Å². The number of hydrogen-bond donors (Lipinski definition) is 3. The maximum absolute atomic E-state index is 14.7. The topological polar surface area (TPSA) is 110 Å². The number of halogens is 3. The minimum absolute atomic E-state index is 0.00142. The molecule has 1 aliphatic rings. The van der Waals surface area contributed by atoms with Gasteiger partial charge in [-0.1, -0.05) is 47.5 Å². The number of likely N-dealkylation sites (tertiary alicyclic amines) is 1. The maximum Gasteiger partial charge on any atom is 0.252 e. The Balaban J connectivity index is 1.63. The fourth-order valence-electron chi connectivity index (χ4n) is 4.73. The van der Waals surface area contributed by atoms with E-state index in [1.165, 1.54) is 13.0 Å². The number of amides is 1. The normalized spacial score (nSPS) is 14.7. The molecule has 3 N–H and O–H groups in total. The summed E-state index contributed by atoms with van der Waals surface area (Å²) >= 11 is 12.2. The molecule has 0 aromatic heterocycles. The van der Waals surface area contributed by atoms with Crippen LogP contribution >= 0.6 is 23.2 Å². The van der Waals surface area contributed by atoms with Crippen LogP contribution in [0.1, 0.15) is 34.5 Å². The van der Waals surface area contributed by atoms with Gasteiger partial charge in [-0.25, -0.2) is 12.8 Å². The van der Waals surface area contributed by atoms with Crippen LogP contribution in [0, 0.1) is 5.82 Å². The van der Waals surface area contributed by atoms with Crippen molar-refractivity contribution in [1.29, 1.82) is 0 Å². The van der Waals surface area contributed by atoms with Gasteiger partial charge in [0.25, 0.3) is 5.91 Å². The van der Waals surface area contributed by atoms with E-state index in [0.29, 0.717) is 23.1 Å². The van der Waals surface area contributed by atoms with Gasteiger partial charge in [0.15, 0.2) is 0 Å². The molecule has 1 heterocycles. The largest absolute Gasteiger partial charge is 0.394 e. The number of hydrogen-bond acceptors (Lipinski definition) is 6. The lowest BCUT2D eigenvalue weighted by Gasteiger charge is -2.48. The summed E-state index contributed by atoms with van der Waals surface area (Å²) in [7, 11) is -3.88. The number of benzene rings is 3. The fraction of sp³-hybridized carbons (Fsp3) is 0.321. The standard InChI is InChI=1S/C28H30Cl2FN3O5S/c1-28(16-35,17-36)32-27(37)20-11-23(31)13-24(12-20)34(40(2,38)39)25-14-33(15-25)26(18-3-7-21(29)8-4-18)19-5-9-22(30)10-6-19/h3-13,25-26,35-36H,14-17H2,1-2H3,(H,32,37). The lowest BCUT2D eigenvalue weighted by molar-refractivity contribution is 0.0723. The van der Waals surface area contributed by atoms with Crippen molar-refractivity contribution in [2.75, 3.05) is 36.9 Å². The van der Waals surface area contributed by atoms with Gasteiger partial charge in [0.05, 0.1) is 42.8 Å².